The lowest BCUT2D eigenvalue weighted by atomic mass is 9.55. The number of para-hydroxylation sites is 2. The fourth-order valence-electron chi connectivity index (χ4n) is 6.19. The molecule has 0 saturated heterocycles. The molecule has 2 N–H and O–H groups in total. The molecule has 2 amide bonds. The van der Waals surface area contributed by atoms with Crippen LogP contribution >= 0.6 is 0 Å². The molecule has 4 atom stereocenters. The molecule has 0 bridgehead atoms. The maximum absolute atomic E-state index is 14.1. The SMILES string of the molecule is C=CCN(Cc1ccc(Oc2ccccc2)cc1)C(=O)[C@H]1[C@@H](C(=O)O)[C@H](C(=O)O)[C@@H]1C(=O)N(CC=C)Cc1ccc(Oc2ccccc2)cc1. The van der Waals surface area contributed by atoms with Crippen LogP contribution in [0.5, 0.6) is 23.0 Å². The second kappa shape index (κ2) is 16.3. The number of nitrogens with zero attached hydrogens (tertiary/aromatic N) is 2. The van der Waals surface area contributed by atoms with Crippen LogP contribution < -0.4 is 9.47 Å². The molecule has 4 aromatic carbocycles. The van der Waals surface area contributed by atoms with Gasteiger partial charge in [0.05, 0.1) is 23.7 Å². The number of benzene rings is 4. The first-order valence-electron chi connectivity index (χ1n) is 16.1. The van der Waals surface area contributed by atoms with Crippen molar-refractivity contribution in [2.24, 2.45) is 23.7 Å². The zero-order valence-corrected chi connectivity index (χ0v) is 27.3. The molecule has 0 spiro atoms. The van der Waals surface area contributed by atoms with Crippen molar-refractivity contribution < 1.29 is 38.9 Å². The van der Waals surface area contributed by atoms with Crippen LogP contribution in [-0.2, 0) is 32.3 Å². The quantitative estimate of drug-likeness (QED) is 0.126. The van der Waals surface area contributed by atoms with Crippen molar-refractivity contribution in [3.63, 3.8) is 0 Å². The van der Waals surface area contributed by atoms with Gasteiger partial charge in [-0.15, -0.1) is 13.2 Å². The van der Waals surface area contributed by atoms with Gasteiger partial charge in [0.25, 0.3) is 0 Å². The summed E-state index contributed by atoms with van der Waals surface area (Å²) in [7, 11) is 0. The predicted molar refractivity (Wildman–Crippen MR) is 186 cm³/mol. The number of carbonyl (C=O) groups is 4. The van der Waals surface area contributed by atoms with E-state index in [0.717, 1.165) is 11.1 Å². The van der Waals surface area contributed by atoms with Crippen molar-refractivity contribution in [1.29, 1.82) is 0 Å². The molecule has 1 aliphatic rings. The second-order valence-electron chi connectivity index (χ2n) is 11.9. The van der Waals surface area contributed by atoms with Gasteiger partial charge >= 0.3 is 11.9 Å². The number of aliphatic carboxylic acids is 2. The molecule has 256 valence electrons. The molecule has 1 aliphatic carbocycles. The fraction of sp³-hybridized carbons (Fsp3) is 0.200. The van der Waals surface area contributed by atoms with Gasteiger partial charge in [0.15, 0.2) is 0 Å². The Bertz CT molecular complexity index is 1680. The normalized spacial score (nSPS) is 17.8. The lowest BCUT2D eigenvalue weighted by Crippen LogP contribution is -2.64. The average molecular weight is 675 g/mol. The van der Waals surface area contributed by atoms with Crippen LogP contribution in [0, 0.1) is 23.7 Å². The molecule has 1 saturated carbocycles. The van der Waals surface area contributed by atoms with Gasteiger partial charge in [-0.25, -0.2) is 0 Å². The fourth-order valence-corrected chi connectivity index (χ4v) is 6.19. The smallest absolute Gasteiger partial charge is 0.308 e. The van der Waals surface area contributed by atoms with E-state index >= 15 is 0 Å². The number of hydrogen-bond donors (Lipinski definition) is 2. The predicted octanol–water partition coefficient (Wildman–Crippen LogP) is 6.65. The molecule has 50 heavy (non-hydrogen) atoms. The van der Waals surface area contributed by atoms with Crippen molar-refractivity contribution in [3.05, 3.63) is 146 Å². The van der Waals surface area contributed by atoms with Crippen LogP contribution in [-0.4, -0.2) is 56.9 Å². The molecule has 1 fully saturated rings. The minimum absolute atomic E-state index is 0.0519. The van der Waals surface area contributed by atoms with Gasteiger partial charge in [0, 0.05) is 26.2 Å². The number of carboxylic acid groups (broad SMARTS) is 2. The van der Waals surface area contributed by atoms with Crippen LogP contribution in [0.15, 0.2) is 135 Å². The summed E-state index contributed by atoms with van der Waals surface area (Å²) in [5.74, 6) is -7.69. The van der Waals surface area contributed by atoms with Crippen molar-refractivity contribution >= 4 is 23.8 Å². The Morgan fingerprint density at radius 1 is 0.520 bits per heavy atom. The van der Waals surface area contributed by atoms with E-state index in [1.165, 1.54) is 22.0 Å². The summed E-state index contributed by atoms with van der Waals surface area (Å²) in [5.41, 5.74) is 1.44. The molecule has 0 radical (unpaired) electrons. The molecular weight excluding hydrogens is 636 g/mol. The maximum atomic E-state index is 14.1. The zero-order chi connectivity index (χ0) is 35.6. The summed E-state index contributed by atoms with van der Waals surface area (Å²) in [6.07, 6.45) is 3.00. The van der Waals surface area contributed by atoms with E-state index in [0.29, 0.717) is 23.0 Å². The standard InChI is InChI=1S/C40H38N2O8/c1-3-23-41(25-27-15-19-31(20-16-27)49-29-11-7-5-8-12-29)37(43)33-34(36(40(47)48)35(33)39(45)46)38(44)42(24-4-2)26-28-17-21-32(22-18-28)50-30-13-9-6-10-14-30/h3-22,33-36H,1-2,23-26H2,(H,45,46)(H,47,48)/t33-,34-,35-,36-/m1/s1. The number of carbonyl (C=O) groups excluding carboxylic acids is 2. The minimum atomic E-state index is -1.59. The van der Waals surface area contributed by atoms with Gasteiger partial charge in [0.1, 0.15) is 23.0 Å². The largest absolute Gasteiger partial charge is 0.481 e. The number of hydrogen-bond acceptors (Lipinski definition) is 6. The highest BCUT2D eigenvalue weighted by atomic mass is 16.5. The molecule has 0 aliphatic heterocycles. The minimum Gasteiger partial charge on any atom is -0.481 e. The Morgan fingerprint density at radius 2 is 0.840 bits per heavy atom. The van der Waals surface area contributed by atoms with E-state index in [9.17, 15) is 29.4 Å². The van der Waals surface area contributed by atoms with Crippen molar-refractivity contribution in [1.82, 2.24) is 9.80 Å². The summed E-state index contributed by atoms with van der Waals surface area (Å²) < 4.78 is 11.7. The Kier molecular flexibility index (Phi) is 11.5. The van der Waals surface area contributed by atoms with E-state index < -0.39 is 47.4 Å². The van der Waals surface area contributed by atoms with Crippen LogP contribution in [0.1, 0.15) is 11.1 Å². The number of ether oxygens (including phenoxy) is 2. The topological polar surface area (TPSA) is 134 Å². The van der Waals surface area contributed by atoms with Gasteiger partial charge in [-0.05, 0) is 59.7 Å². The Balaban J connectivity index is 1.35. The molecule has 0 heterocycles. The average Bonchev–Trinajstić information content (AvgIpc) is 3.09. The van der Waals surface area contributed by atoms with Crippen molar-refractivity contribution in [3.8, 4) is 23.0 Å². The number of rotatable bonds is 16. The van der Waals surface area contributed by atoms with Crippen molar-refractivity contribution in [2.45, 2.75) is 13.1 Å². The van der Waals surface area contributed by atoms with E-state index in [-0.39, 0.29) is 26.2 Å². The van der Waals surface area contributed by atoms with Gasteiger partial charge in [-0.3, -0.25) is 19.2 Å². The van der Waals surface area contributed by atoms with Crippen LogP contribution in [0.25, 0.3) is 0 Å². The van der Waals surface area contributed by atoms with E-state index in [2.05, 4.69) is 13.2 Å². The van der Waals surface area contributed by atoms with Crippen LogP contribution in [0.2, 0.25) is 0 Å². The summed E-state index contributed by atoms with van der Waals surface area (Å²) in [6.45, 7) is 7.75. The monoisotopic (exact) mass is 674 g/mol. The molecule has 10 heteroatoms. The van der Waals surface area contributed by atoms with Crippen LogP contribution in [0.4, 0.5) is 0 Å². The highest BCUT2D eigenvalue weighted by Crippen LogP contribution is 2.49. The molecule has 10 nitrogen and oxygen atoms in total. The third-order valence-corrected chi connectivity index (χ3v) is 8.56. The highest BCUT2D eigenvalue weighted by molar-refractivity contribution is 5.99. The first-order valence-corrected chi connectivity index (χ1v) is 16.1. The Morgan fingerprint density at radius 3 is 1.14 bits per heavy atom. The van der Waals surface area contributed by atoms with E-state index in [4.69, 9.17) is 9.47 Å². The number of carboxylic acids is 2. The van der Waals surface area contributed by atoms with Gasteiger partial charge in [0.2, 0.25) is 11.8 Å². The third-order valence-electron chi connectivity index (χ3n) is 8.56. The molecular formula is C40H38N2O8. The van der Waals surface area contributed by atoms with Gasteiger partial charge in [-0.1, -0.05) is 72.8 Å². The molecule has 5 rings (SSSR count). The lowest BCUT2D eigenvalue weighted by Gasteiger charge is -2.48. The summed E-state index contributed by atoms with van der Waals surface area (Å²) >= 11 is 0. The zero-order valence-electron chi connectivity index (χ0n) is 27.3. The van der Waals surface area contributed by atoms with E-state index in [1.54, 1.807) is 48.5 Å². The van der Waals surface area contributed by atoms with Crippen molar-refractivity contribution in [2.75, 3.05) is 13.1 Å². The second-order valence-corrected chi connectivity index (χ2v) is 11.9. The molecule has 4 aromatic rings. The maximum Gasteiger partial charge on any atom is 0.308 e. The molecule has 0 aromatic heterocycles. The summed E-state index contributed by atoms with van der Waals surface area (Å²) in [5, 5.41) is 20.2. The number of amides is 2. The van der Waals surface area contributed by atoms with Gasteiger partial charge < -0.3 is 29.5 Å². The molecule has 0 unspecified atom stereocenters. The van der Waals surface area contributed by atoms with E-state index in [1.807, 2.05) is 60.7 Å². The Hall–Kier alpha value is -6.16. The van der Waals surface area contributed by atoms with Gasteiger partial charge in [-0.2, -0.15) is 0 Å². The van der Waals surface area contributed by atoms with Crippen LogP contribution in [0.3, 0.4) is 0 Å². The first kappa shape index (κ1) is 35.2. The Labute approximate surface area is 290 Å². The first-order chi connectivity index (χ1) is 24.2. The third kappa shape index (κ3) is 8.27. The summed E-state index contributed by atoms with van der Waals surface area (Å²) in [4.78, 5) is 55.9. The highest BCUT2D eigenvalue weighted by Gasteiger charge is 2.64. The summed E-state index contributed by atoms with van der Waals surface area (Å²) in [6, 6.07) is 32.6. The lowest BCUT2D eigenvalue weighted by molar-refractivity contribution is -0.187.